The molecule has 0 unspecified atom stereocenters. The number of hydrogen-bond acceptors (Lipinski definition) is 2. The molecule has 0 aliphatic heterocycles. The van der Waals surface area contributed by atoms with E-state index in [0.717, 1.165) is 11.1 Å². The maximum Gasteiger partial charge on any atom is 0.323 e. The van der Waals surface area contributed by atoms with Gasteiger partial charge in [0, 0.05) is 11.9 Å². The molecule has 0 heterocycles. The van der Waals surface area contributed by atoms with Crippen molar-refractivity contribution in [3.63, 3.8) is 0 Å². The second kappa shape index (κ2) is 6.81. The number of nitrogen functional groups attached to an aromatic ring is 1. The molecule has 0 fully saturated rings. The summed E-state index contributed by atoms with van der Waals surface area (Å²) in [6, 6.07) is 12.5. The molecule has 21 heavy (non-hydrogen) atoms. The number of urea groups is 1. The van der Waals surface area contributed by atoms with Crippen molar-refractivity contribution in [3.05, 3.63) is 64.8 Å². The van der Waals surface area contributed by atoms with Crippen molar-refractivity contribution >= 4 is 35.1 Å². The lowest BCUT2D eigenvalue weighted by atomic mass is 10.1. The summed E-state index contributed by atoms with van der Waals surface area (Å²) in [5.74, 6) is 0. The third-order valence-electron chi connectivity index (χ3n) is 2.77. The largest absolute Gasteiger partial charge is 0.399 e. The minimum atomic E-state index is -0.370. The lowest BCUT2D eigenvalue weighted by Crippen LogP contribution is -2.23. The molecule has 0 aliphatic carbocycles. The van der Waals surface area contributed by atoms with Gasteiger partial charge in [0.1, 0.15) is 0 Å². The van der Waals surface area contributed by atoms with Gasteiger partial charge in [0.2, 0.25) is 0 Å². The first kappa shape index (κ1) is 14.9. The Morgan fingerprint density at radius 3 is 2.76 bits per heavy atom. The van der Waals surface area contributed by atoms with Crippen molar-refractivity contribution in [3.8, 4) is 0 Å². The van der Waals surface area contributed by atoms with Gasteiger partial charge in [0.25, 0.3) is 0 Å². The van der Waals surface area contributed by atoms with E-state index < -0.39 is 0 Å². The fourth-order valence-corrected chi connectivity index (χ4v) is 2.01. The van der Waals surface area contributed by atoms with Crippen molar-refractivity contribution < 1.29 is 4.79 Å². The van der Waals surface area contributed by atoms with Crippen molar-refractivity contribution in [2.45, 2.75) is 6.92 Å². The van der Waals surface area contributed by atoms with Gasteiger partial charge >= 0.3 is 6.03 Å². The Hall–Kier alpha value is -2.46. The highest BCUT2D eigenvalue weighted by Crippen LogP contribution is 2.23. The fourth-order valence-electron chi connectivity index (χ4n) is 1.78. The normalized spacial score (nSPS) is 10.6. The van der Waals surface area contributed by atoms with Crippen LogP contribution in [0.3, 0.4) is 0 Å². The first-order valence-corrected chi connectivity index (χ1v) is 6.78. The van der Waals surface area contributed by atoms with E-state index in [1.165, 1.54) is 0 Å². The maximum absolute atomic E-state index is 11.7. The van der Waals surface area contributed by atoms with Crippen LogP contribution >= 0.6 is 11.6 Å². The van der Waals surface area contributed by atoms with Crippen LogP contribution in [0.5, 0.6) is 0 Å². The van der Waals surface area contributed by atoms with E-state index in [9.17, 15) is 4.79 Å². The number of nitrogens with one attached hydrogen (secondary N) is 2. The number of carbonyl (C=O) groups is 1. The highest BCUT2D eigenvalue weighted by atomic mass is 35.5. The van der Waals surface area contributed by atoms with Crippen molar-refractivity contribution in [1.82, 2.24) is 5.32 Å². The first-order chi connectivity index (χ1) is 10.0. The van der Waals surface area contributed by atoms with E-state index in [1.807, 2.05) is 37.3 Å². The Kier molecular flexibility index (Phi) is 4.85. The van der Waals surface area contributed by atoms with Crippen LogP contribution in [0, 0.1) is 6.92 Å². The van der Waals surface area contributed by atoms with Crippen molar-refractivity contribution in [1.29, 1.82) is 0 Å². The Balaban J connectivity index is 1.93. The number of carbonyl (C=O) groups excluding carboxylic acids is 1. The van der Waals surface area contributed by atoms with Gasteiger partial charge in [0.05, 0.1) is 10.7 Å². The van der Waals surface area contributed by atoms with Crippen LogP contribution in [0.15, 0.2) is 48.7 Å². The molecule has 0 bridgehead atoms. The molecule has 2 rings (SSSR count). The molecule has 5 heteroatoms. The highest BCUT2D eigenvalue weighted by molar-refractivity contribution is 6.34. The number of aryl methyl sites for hydroxylation is 1. The summed E-state index contributed by atoms with van der Waals surface area (Å²) in [6.45, 7) is 2.01. The number of benzene rings is 2. The quantitative estimate of drug-likeness (QED) is 0.749. The average Bonchev–Trinajstić information content (AvgIpc) is 2.42. The second-order valence-electron chi connectivity index (χ2n) is 4.59. The number of nitrogens with two attached hydrogens (primary N) is 1. The van der Waals surface area contributed by atoms with Crippen LogP contribution in [0.1, 0.15) is 11.1 Å². The van der Waals surface area contributed by atoms with Crippen molar-refractivity contribution in [2.75, 3.05) is 11.1 Å². The second-order valence-corrected chi connectivity index (χ2v) is 4.99. The van der Waals surface area contributed by atoms with E-state index in [-0.39, 0.29) is 6.03 Å². The summed E-state index contributed by atoms with van der Waals surface area (Å²) in [6.07, 6.45) is 3.40. The minimum Gasteiger partial charge on any atom is -0.399 e. The predicted octanol–water partition coefficient (Wildman–Crippen LogP) is 4.02. The van der Waals surface area contributed by atoms with Gasteiger partial charge in [0.15, 0.2) is 0 Å². The molecular formula is C16H16ClN3O. The van der Waals surface area contributed by atoms with Crippen LogP contribution in [-0.2, 0) is 0 Å². The summed E-state index contributed by atoms with van der Waals surface area (Å²) in [5, 5.41) is 5.66. The third-order valence-corrected chi connectivity index (χ3v) is 3.09. The molecule has 0 saturated heterocycles. The standard InChI is InChI=1S/C16H16ClN3O/c1-11-3-2-4-12(9-11)7-8-19-16(21)20-15-6-5-13(18)10-14(15)17/h2-10H,18H2,1H3,(H2,19,20,21)/b8-7+. The molecule has 4 N–H and O–H groups in total. The number of halogens is 1. The zero-order valence-corrected chi connectivity index (χ0v) is 12.3. The summed E-state index contributed by atoms with van der Waals surface area (Å²) < 4.78 is 0. The molecule has 2 amide bonds. The molecule has 0 atom stereocenters. The molecule has 4 nitrogen and oxygen atoms in total. The molecule has 0 aliphatic rings. The molecule has 2 aromatic carbocycles. The van der Waals surface area contributed by atoms with Crippen LogP contribution in [-0.4, -0.2) is 6.03 Å². The number of anilines is 2. The lowest BCUT2D eigenvalue weighted by molar-refractivity contribution is 0.255. The van der Waals surface area contributed by atoms with E-state index in [0.29, 0.717) is 16.4 Å². The van der Waals surface area contributed by atoms with Crippen LogP contribution in [0.25, 0.3) is 6.08 Å². The summed E-state index contributed by atoms with van der Waals surface area (Å²) in [7, 11) is 0. The van der Waals surface area contributed by atoms with E-state index >= 15 is 0 Å². The number of rotatable bonds is 3. The molecular weight excluding hydrogens is 286 g/mol. The zero-order valence-electron chi connectivity index (χ0n) is 11.6. The zero-order chi connectivity index (χ0) is 15.2. The van der Waals surface area contributed by atoms with Gasteiger partial charge < -0.3 is 16.4 Å². The van der Waals surface area contributed by atoms with Gasteiger partial charge in [-0.15, -0.1) is 0 Å². The van der Waals surface area contributed by atoms with Crippen LogP contribution in [0.4, 0.5) is 16.2 Å². The maximum atomic E-state index is 11.7. The van der Waals surface area contributed by atoms with Crippen LogP contribution < -0.4 is 16.4 Å². The van der Waals surface area contributed by atoms with Gasteiger partial charge in [-0.1, -0.05) is 41.4 Å². The third kappa shape index (κ3) is 4.54. The molecule has 0 spiro atoms. The van der Waals surface area contributed by atoms with Gasteiger partial charge in [-0.2, -0.15) is 0 Å². The Bertz CT molecular complexity index is 683. The predicted molar refractivity (Wildman–Crippen MR) is 88.2 cm³/mol. The Morgan fingerprint density at radius 1 is 1.24 bits per heavy atom. The van der Waals surface area contributed by atoms with Crippen molar-refractivity contribution in [2.24, 2.45) is 0 Å². The van der Waals surface area contributed by atoms with Gasteiger partial charge in [-0.25, -0.2) is 4.79 Å². The Labute approximate surface area is 128 Å². The first-order valence-electron chi connectivity index (χ1n) is 6.40. The summed E-state index contributed by atoms with van der Waals surface area (Å²) in [5.41, 5.74) is 8.82. The monoisotopic (exact) mass is 301 g/mol. The molecule has 2 aromatic rings. The van der Waals surface area contributed by atoms with Gasteiger partial charge in [-0.3, -0.25) is 0 Å². The highest BCUT2D eigenvalue weighted by Gasteiger charge is 2.04. The Morgan fingerprint density at radius 2 is 2.05 bits per heavy atom. The molecule has 0 saturated carbocycles. The fraction of sp³-hybridized carbons (Fsp3) is 0.0625. The minimum absolute atomic E-state index is 0.370. The average molecular weight is 302 g/mol. The summed E-state index contributed by atoms with van der Waals surface area (Å²) in [4.78, 5) is 11.7. The van der Waals surface area contributed by atoms with E-state index in [2.05, 4.69) is 10.6 Å². The summed E-state index contributed by atoms with van der Waals surface area (Å²) >= 11 is 5.98. The number of hydrogen-bond donors (Lipinski definition) is 3. The molecule has 108 valence electrons. The topological polar surface area (TPSA) is 67.2 Å². The smallest absolute Gasteiger partial charge is 0.323 e. The van der Waals surface area contributed by atoms with Gasteiger partial charge in [-0.05, 0) is 36.8 Å². The van der Waals surface area contributed by atoms with E-state index in [1.54, 1.807) is 24.4 Å². The van der Waals surface area contributed by atoms with Crippen LogP contribution in [0.2, 0.25) is 5.02 Å². The SMILES string of the molecule is Cc1cccc(/C=C/NC(=O)Nc2ccc(N)cc2Cl)c1. The molecule has 0 aromatic heterocycles. The molecule has 0 radical (unpaired) electrons. The lowest BCUT2D eigenvalue weighted by Gasteiger charge is -2.07. The van der Waals surface area contributed by atoms with E-state index in [4.69, 9.17) is 17.3 Å². The number of amides is 2.